The Morgan fingerprint density at radius 1 is 0.964 bits per heavy atom. The number of para-hydroxylation sites is 1. The fraction of sp³-hybridized carbons (Fsp3) is 0.650. The van der Waals surface area contributed by atoms with E-state index in [9.17, 15) is 24.8 Å². The molecule has 15 nitrogen and oxygen atoms in total. The molecule has 1 aliphatic heterocycles. The van der Waals surface area contributed by atoms with Crippen LogP contribution in [0.15, 0.2) is 48.8 Å². The Morgan fingerprint density at radius 3 is 2.23 bits per heavy atom. The van der Waals surface area contributed by atoms with Crippen molar-refractivity contribution in [3.05, 3.63) is 54.5 Å². The lowest BCUT2D eigenvalue weighted by molar-refractivity contribution is -0.145. The second-order valence-electron chi connectivity index (χ2n) is 14.4. The van der Waals surface area contributed by atoms with Gasteiger partial charge in [-0.25, -0.2) is 14.1 Å². The van der Waals surface area contributed by atoms with E-state index < -0.39 is 50.3 Å². The monoisotopic (exact) mass is 800 g/mol. The van der Waals surface area contributed by atoms with E-state index in [0.717, 1.165) is 12.8 Å². The van der Waals surface area contributed by atoms with E-state index in [1.54, 1.807) is 30.3 Å². The van der Waals surface area contributed by atoms with Gasteiger partial charge in [0.25, 0.3) is 0 Å². The first-order chi connectivity index (χ1) is 27.1. The van der Waals surface area contributed by atoms with Gasteiger partial charge in [0.05, 0.1) is 12.3 Å². The van der Waals surface area contributed by atoms with Crippen LogP contribution in [0.25, 0.3) is 5.52 Å². The van der Waals surface area contributed by atoms with Crippen molar-refractivity contribution in [1.82, 2.24) is 19.7 Å². The number of carbonyl (C=O) groups excluding carboxylic acids is 1. The molecule has 1 unspecified atom stereocenters. The Hall–Kier alpha value is -3.61. The molecule has 56 heavy (non-hydrogen) atoms. The van der Waals surface area contributed by atoms with Gasteiger partial charge < -0.3 is 34.7 Å². The minimum Gasteiger partial charge on any atom is -0.464 e. The molecule has 0 radical (unpaired) electrons. The summed E-state index contributed by atoms with van der Waals surface area (Å²) < 4.78 is 44.0. The zero-order chi connectivity index (χ0) is 40.2. The van der Waals surface area contributed by atoms with Crippen molar-refractivity contribution < 1.29 is 42.8 Å². The molecule has 0 bridgehead atoms. The van der Waals surface area contributed by atoms with Gasteiger partial charge in [0.1, 0.15) is 54.6 Å². The third-order valence-electron chi connectivity index (χ3n) is 9.88. The summed E-state index contributed by atoms with van der Waals surface area (Å²) in [5.41, 5.74) is 4.46. The number of ether oxygens (including phenoxy) is 3. The highest BCUT2D eigenvalue weighted by Crippen LogP contribution is 2.48. The van der Waals surface area contributed by atoms with Gasteiger partial charge in [-0.15, -0.1) is 0 Å². The number of aliphatic hydroxyl groups excluding tert-OH is 2. The van der Waals surface area contributed by atoms with Crippen LogP contribution in [0, 0.1) is 11.3 Å². The Balaban J connectivity index is 1.18. The van der Waals surface area contributed by atoms with E-state index in [1.807, 2.05) is 6.07 Å². The molecule has 1 fully saturated rings. The first-order valence-electron chi connectivity index (χ1n) is 20.2. The summed E-state index contributed by atoms with van der Waals surface area (Å²) in [7, 11) is -4.45. The molecular weight excluding hydrogens is 739 g/mol. The van der Waals surface area contributed by atoms with Gasteiger partial charge in [0.15, 0.2) is 5.82 Å². The van der Waals surface area contributed by atoms with E-state index in [2.05, 4.69) is 22.1 Å². The van der Waals surface area contributed by atoms with E-state index in [0.29, 0.717) is 25.2 Å². The van der Waals surface area contributed by atoms with E-state index in [4.69, 9.17) is 29.0 Å². The van der Waals surface area contributed by atoms with Crippen LogP contribution in [0.5, 0.6) is 5.75 Å². The highest BCUT2D eigenvalue weighted by molar-refractivity contribution is 7.52. The van der Waals surface area contributed by atoms with Crippen LogP contribution >= 0.6 is 7.75 Å². The highest BCUT2D eigenvalue weighted by atomic mass is 31.2. The lowest BCUT2D eigenvalue weighted by atomic mass is 9.96. The summed E-state index contributed by atoms with van der Waals surface area (Å²) >= 11 is 0. The zero-order valence-corrected chi connectivity index (χ0v) is 33.8. The lowest BCUT2D eigenvalue weighted by Gasteiger charge is -2.28. The van der Waals surface area contributed by atoms with Crippen LogP contribution in [0.4, 0.5) is 5.82 Å². The third-order valence-corrected chi connectivity index (χ3v) is 11.5. The molecule has 1 saturated heterocycles. The van der Waals surface area contributed by atoms with Crippen LogP contribution in [0.2, 0.25) is 0 Å². The number of carbonyl (C=O) groups is 1. The summed E-state index contributed by atoms with van der Waals surface area (Å²) in [5.74, 6) is -0.384. The van der Waals surface area contributed by atoms with Crippen LogP contribution < -0.4 is 15.3 Å². The molecule has 1 aromatic carbocycles. The molecule has 0 spiro atoms. The molecule has 6 atom stereocenters. The maximum atomic E-state index is 14.1. The lowest BCUT2D eigenvalue weighted by Crippen LogP contribution is -2.46. The summed E-state index contributed by atoms with van der Waals surface area (Å²) in [6, 6.07) is 12.0. The van der Waals surface area contributed by atoms with Gasteiger partial charge in [-0.05, 0) is 37.6 Å². The summed E-state index contributed by atoms with van der Waals surface area (Å²) in [5, 5.41) is 39.0. The number of nitriles is 1. The predicted octanol–water partition coefficient (Wildman–Crippen LogP) is 6.98. The standard InChI is InChI=1S/C40H61N6O9P/c1-3-4-5-6-7-8-9-10-11-12-13-14-15-19-25-51-26-20-27-52-39(49)31(2)45-56(50,55-32-21-17-16-18-22-32)53-29-40(28-41)37(48)35(47)36(54-40)33-23-24-34-38(42)43-30-44-46(33)34/h16-18,21-24,30-31,35-37,47-48H,3-15,19-20,25-27,29H2,1-2H3,(H,45,50)(H2,42,43,44)/t31-,35-,36-,37-,40+,56?/m0/s1. The molecule has 3 heterocycles. The van der Waals surface area contributed by atoms with Gasteiger partial charge >= 0.3 is 13.7 Å². The number of unbranched alkanes of at least 4 members (excludes halogenated alkanes) is 13. The Labute approximate surface area is 330 Å². The molecule has 16 heteroatoms. The van der Waals surface area contributed by atoms with Crippen LogP contribution in [0.3, 0.4) is 0 Å². The Morgan fingerprint density at radius 2 is 1.59 bits per heavy atom. The number of nitrogens with one attached hydrogen (secondary N) is 1. The van der Waals surface area contributed by atoms with Crippen LogP contribution in [-0.2, 0) is 28.1 Å². The molecule has 2 aromatic heterocycles. The number of hydrogen-bond donors (Lipinski definition) is 4. The third kappa shape index (κ3) is 13.5. The Bertz CT molecular complexity index is 1690. The maximum absolute atomic E-state index is 14.1. The summed E-state index contributed by atoms with van der Waals surface area (Å²) in [4.78, 5) is 16.8. The fourth-order valence-corrected chi connectivity index (χ4v) is 8.14. The normalized spacial score (nSPS) is 21.1. The fourth-order valence-electron chi connectivity index (χ4n) is 6.62. The number of nitrogens with zero attached hydrogens (tertiary/aromatic N) is 4. The van der Waals surface area contributed by atoms with E-state index in [-0.39, 0.29) is 23.9 Å². The van der Waals surface area contributed by atoms with Crippen molar-refractivity contribution in [3.8, 4) is 11.8 Å². The zero-order valence-electron chi connectivity index (χ0n) is 32.9. The highest BCUT2D eigenvalue weighted by Gasteiger charge is 2.57. The van der Waals surface area contributed by atoms with Gasteiger partial charge in [0, 0.05) is 19.6 Å². The predicted molar refractivity (Wildman–Crippen MR) is 212 cm³/mol. The number of aromatic nitrogens is 3. The largest absolute Gasteiger partial charge is 0.464 e. The first kappa shape index (κ1) is 45.1. The molecule has 310 valence electrons. The summed E-state index contributed by atoms with van der Waals surface area (Å²) in [6.07, 6.45) is 15.2. The number of anilines is 1. The van der Waals surface area contributed by atoms with Crippen LogP contribution in [-0.4, -0.2) is 81.1 Å². The number of aliphatic hydroxyl groups is 2. The number of hydrogen-bond acceptors (Lipinski definition) is 13. The van der Waals surface area contributed by atoms with Crippen molar-refractivity contribution in [1.29, 1.82) is 5.26 Å². The molecule has 0 amide bonds. The topological polar surface area (TPSA) is 213 Å². The van der Waals surface area contributed by atoms with E-state index >= 15 is 0 Å². The molecule has 4 rings (SSSR count). The minimum absolute atomic E-state index is 0.0934. The second-order valence-corrected chi connectivity index (χ2v) is 16.1. The second kappa shape index (κ2) is 23.6. The van der Waals surface area contributed by atoms with Gasteiger partial charge in [-0.3, -0.25) is 9.32 Å². The molecule has 0 saturated carbocycles. The molecule has 3 aromatic rings. The van der Waals surface area contributed by atoms with Crippen molar-refractivity contribution in [2.45, 2.75) is 140 Å². The summed E-state index contributed by atoms with van der Waals surface area (Å²) in [6.45, 7) is 4.07. The van der Waals surface area contributed by atoms with Crippen LogP contribution in [0.1, 0.15) is 122 Å². The number of nitrogen functional groups attached to an aromatic ring is 1. The SMILES string of the molecule is CCCCCCCCCCCCCCCCOCCCOC(=O)[C@H](C)NP(=O)(OC[C@@]1(C#N)O[C@@H](c2ccc3c(N)ncnn23)[C@H](O)[C@@H]1O)Oc1ccccc1. The van der Waals surface area contributed by atoms with Crippen molar-refractivity contribution in [2.75, 3.05) is 32.2 Å². The smallest absolute Gasteiger partial charge is 0.459 e. The maximum Gasteiger partial charge on any atom is 0.459 e. The number of esters is 1. The van der Waals surface area contributed by atoms with Gasteiger partial charge in [-0.2, -0.15) is 15.4 Å². The number of nitrogens with two attached hydrogens (primary N) is 1. The van der Waals surface area contributed by atoms with Gasteiger partial charge in [0.2, 0.25) is 5.60 Å². The average Bonchev–Trinajstić information content (AvgIpc) is 3.74. The first-order valence-corrected chi connectivity index (χ1v) is 21.7. The molecule has 5 N–H and O–H groups in total. The molecular formula is C40H61N6O9P. The molecule has 1 aliphatic rings. The number of benzene rings is 1. The molecule has 0 aliphatic carbocycles. The van der Waals surface area contributed by atoms with Gasteiger partial charge in [-0.1, -0.05) is 109 Å². The number of rotatable bonds is 28. The minimum atomic E-state index is -4.45. The van der Waals surface area contributed by atoms with E-state index in [1.165, 1.54) is 107 Å². The quantitative estimate of drug-likeness (QED) is 0.0332. The van der Waals surface area contributed by atoms with Crippen molar-refractivity contribution >= 4 is 25.1 Å². The average molecular weight is 801 g/mol. The van der Waals surface area contributed by atoms with Crippen molar-refractivity contribution in [2.24, 2.45) is 0 Å². The Kier molecular flexibility index (Phi) is 19.0. The van der Waals surface area contributed by atoms with Crippen molar-refractivity contribution in [3.63, 3.8) is 0 Å². The number of fused-ring (bicyclic) bond motifs is 1.